The lowest BCUT2D eigenvalue weighted by Crippen LogP contribution is -2.01. The van der Waals surface area contributed by atoms with E-state index in [2.05, 4.69) is 152 Å². The molecule has 238 valence electrons. The van der Waals surface area contributed by atoms with Crippen LogP contribution in [-0.2, 0) is 0 Å². The Kier molecular flexibility index (Phi) is 6.78. The summed E-state index contributed by atoms with van der Waals surface area (Å²) < 4.78 is 6.39. The van der Waals surface area contributed by atoms with E-state index in [9.17, 15) is 0 Å². The Hall–Kier alpha value is -6.91. The number of fused-ring (bicyclic) bond motifs is 5. The summed E-state index contributed by atoms with van der Waals surface area (Å²) in [6, 6.07) is 61.1. The van der Waals surface area contributed by atoms with Gasteiger partial charge in [-0.15, -0.1) is 0 Å². The van der Waals surface area contributed by atoms with Gasteiger partial charge in [-0.1, -0.05) is 146 Å². The van der Waals surface area contributed by atoms with Crippen LogP contribution in [0.2, 0.25) is 0 Å². The van der Waals surface area contributed by atoms with Gasteiger partial charge in [-0.25, -0.2) is 15.0 Å². The van der Waals surface area contributed by atoms with Crippen LogP contribution >= 0.6 is 0 Å². The molecule has 0 spiro atoms. The van der Waals surface area contributed by atoms with Crippen molar-refractivity contribution in [2.24, 2.45) is 0 Å². The first-order valence-corrected chi connectivity index (χ1v) is 17.1. The molecule has 10 aromatic rings. The van der Waals surface area contributed by atoms with Crippen molar-refractivity contribution in [2.75, 3.05) is 0 Å². The molecule has 51 heavy (non-hydrogen) atoms. The number of rotatable bonds is 5. The lowest BCUT2D eigenvalue weighted by Gasteiger charge is -2.14. The van der Waals surface area contributed by atoms with E-state index in [0.717, 1.165) is 60.7 Å². The maximum atomic E-state index is 6.39. The molecule has 0 amide bonds. The van der Waals surface area contributed by atoms with Crippen molar-refractivity contribution < 1.29 is 4.42 Å². The molecule has 0 bridgehead atoms. The Morgan fingerprint density at radius 2 is 0.882 bits per heavy atom. The fraction of sp³-hybridized carbons (Fsp3) is 0. The molecule has 2 heterocycles. The first-order valence-electron chi connectivity index (χ1n) is 17.1. The van der Waals surface area contributed by atoms with Gasteiger partial charge in [-0.05, 0) is 74.1 Å². The van der Waals surface area contributed by atoms with Crippen molar-refractivity contribution in [3.05, 3.63) is 176 Å². The summed E-state index contributed by atoms with van der Waals surface area (Å²) in [5.74, 6) is 1.82. The van der Waals surface area contributed by atoms with Crippen LogP contribution in [0.4, 0.5) is 0 Å². The van der Waals surface area contributed by atoms with Gasteiger partial charge in [-0.2, -0.15) is 0 Å². The molecule has 0 saturated heterocycles. The minimum absolute atomic E-state index is 0.595. The normalized spacial score (nSPS) is 11.5. The maximum absolute atomic E-state index is 6.39. The monoisotopic (exact) mass is 651 g/mol. The Balaban J connectivity index is 1.20. The molecule has 0 atom stereocenters. The predicted molar refractivity (Wildman–Crippen MR) is 209 cm³/mol. The summed E-state index contributed by atoms with van der Waals surface area (Å²) in [5, 5.41) is 6.75. The Bertz CT molecular complexity index is 2910. The molecule has 2 aromatic heterocycles. The van der Waals surface area contributed by atoms with E-state index in [-0.39, 0.29) is 0 Å². The Labute approximate surface area is 294 Å². The van der Waals surface area contributed by atoms with Gasteiger partial charge in [0.1, 0.15) is 11.2 Å². The number of hydrogen-bond donors (Lipinski definition) is 0. The molecular formula is C47H29N3O. The van der Waals surface area contributed by atoms with Gasteiger partial charge in [0.25, 0.3) is 0 Å². The van der Waals surface area contributed by atoms with E-state index < -0.39 is 0 Å². The van der Waals surface area contributed by atoms with Crippen LogP contribution in [0.1, 0.15) is 0 Å². The molecule has 0 aliphatic heterocycles. The van der Waals surface area contributed by atoms with Gasteiger partial charge in [-0.3, -0.25) is 0 Å². The summed E-state index contributed by atoms with van der Waals surface area (Å²) >= 11 is 0. The largest absolute Gasteiger partial charge is 0.456 e. The fourth-order valence-electron chi connectivity index (χ4n) is 7.16. The van der Waals surface area contributed by atoms with Crippen LogP contribution in [-0.4, -0.2) is 15.0 Å². The third-order valence-corrected chi connectivity index (χ3v) is 9.72. The fourth-order valence-corrected chi connectivity index (χ4v) is 7.16. The van der Waals surface area contributed by atoms with Crippen LogP contribution in [0, 0.1) is 0 Å². The molecule has 4 heteroatoms. The highest BCUT2D eigenvalue weighted by atomic mass is 16.3. The van der Waals surface area contributed by atoms with E-state index >= 15 is 0 Å². The minimum Gasteiger partial charge on any atom is -0.456 e. The quantitative estimate of drug-likeness (QED) is 0.186. The number of para-hydroxylation sites is 1. The van der Waals surface area contributed by atoms with Crippen molar-refractivity contribution >= 4 is 43.5 Å². The first kappa shape index (κ1) is 29.0. The van der Waals surface area contributed by atoms with Crippen molar-refractivity contribution in [3.8, 4) is 56.4 Å². The molecule has 0 aliphatic rings. The molecule has 0 fully saturated rings. The van der Waals surface area contributed by atoms with Gasteiger partial charge in [0.05, 0.1) is 0 Å². The maximum Gasteiger partial charge on any atom is 0.165 e. The van der Waals surface area contributed by atoms with E-state index in [4.69, 9.17) is 19.4 Å². The van der Waals surface area contributed by atoms with Crippen molar-refractivity contribution in [2.45, 2.75) is 0 Å². The Morgan fingerprint density at radius 3 is 1.63 bits per heavy atom. The molecule has 0 aliphatic carbocycles. The van der Waals surface area contributed by atoms with Gasteiger partial charge < -0.3 is 4.42 Å². The van der Waals surface area contributed by atoms with E-state index in [1.54, 1.807) is 0 Å². The third kappa shape index (κ3) is 5.13. The number of benzene rings is 8. The zero-order valence-corrected chi connectivity index (χ0v) is 27.5. The predicted octanol–water partition coefficient (Wildman–Crippen LogP) is 12.4. The van der Waals surface area contributed by atoms with Crippen molar-refractivity contribution in [3.63, 3.8) is 0 Å². The van der Waals surface area contributed by atoms with Crippen LogP contribution in [0.5, 0.6) is 0 Å². The minimum atomic E-state index is 0.595. The van der Waals surface area contributed by atoms with Gasteiger partial charge >= 0.3 is 0 Å². The molecule has 0 N–H and O–H groups in total. The highest BCUT2D eigenvalue weighted by Gasteiger charge is 2.22. The van der Waals surface area contributed by atoms with E-state index in [1.165, 1.54) is 21.7 Å². The lowest BCUT2D eigenvalue weighted by atomic mass is 9.94. The van der Waals surface area contributed by atoms with Gasteiger partial charge in [0.2, 0.25) is 0 Å². The first-order chi connectivity index (χ1) is 25.2. The zero-order chi connectivity index (χ0) is 33.7. The topological polar surface area (TPSA) is 51.8 Å². The molecule has 0 unspecified atom stereocenters. The molecule has 0 radical (unpaired) electrons. The molecule has 10 rings (SSSR count). The third-order valence-electron chi connectivity index (χ3n) is 9.72. The van der Waals surface area contributed by atoms with Gasteiger partial charge in [0.15, 0.2) is 17.5 Å². The van der Waals surface area contributed by atoms with Crippen LogP contribution in [0.25, 0.3) is 99.9 Å². The highest BCUT2D eigenvalue weighted by molar-refractivity contribution is 6.15. The molecule has 4 nitrogen and oxygen atoms in total. The summed E-state index contributed by atoms with van der Waals surface area (Å²) in [4.78, 5) is 15.7. The molecule has 8 aromatic carbocycles. The smallest absolute Gasteiger partial charge is 0.165 e. The van der Waals surface area contributed by atoms with Gasteiger partial charge in [0, 0.05) is 27.5 Å². The zero-order valence-electron chi connectivity index (χ0n) is 27.5. The second-order valence-electron chi connectivity index (χ2n) is 12.8. The second-order valence-corrected chi connectivity index (χ2v) is 12.8. The molecule has 0 saturated carbocycles. The summed E-state index contributed by atoms with van der Waals surface area (Å²) in [5.41, 5.74) is 8.78. The van der Waals surface area contributed by atoms with Crippen molar-refractivity contribution in [1.29, 1.82) is 0 Å². The number of aromatic nitrogens is 3. The van der Waals surface area contributed by atoms with Crippen LogP contribution < -0.4 is 0 Å². The number of hydrogen-bond acceptors (Lipinski definition) is 4. The standard InChI is InChI=1S/C47H29N3O/c1-2-12-33(13-3-1)39-26-27-42-43(40-16-8-9-17-41(40)51-42)44(39)47-49-45(48-46(50-47)38-25-21-31-11-5-7-15-36(31)29-38)34-22-18-32(19-23-34)37-24-20-30-10-4-6-14-35(30)28-37/h1-29H. The second kappa shape index (κ2) is 11.9. The van der Waals surface area contributed by atoms with Crippen molar-refractivity contribution in [1.82, 2.24) is 15.0 Å². The Morgan fingerprint density at radius 1 is 0.333 bits per heavy atom. The summed E-state index contributed by atoms with van der Waals surface area (Å²) in [6.45, 7) is 0. The SMILES string of the molecule is c1ccc(-c2ccc3oc4ccccc4c3c2-c2nc(-c3ccc(-c4ccc5ccccc5c4)cc3)nc(-c3ccc4ccccc4c3)n2)cc1. The van der Waals surface area contributed by atoms with Crippen LogP contribution in [0.3, 0.4) is 0 Å². The van der Waals surface area contributed by atoms with E-state index in [0.29, 0.717) is 17.5 Å². The average Bonchev–Trinajstić information content (AvgIpc) is 3.59. The average molecular weight is 652 g/mol. The number of nitrogens with zero attached hydrogens (tertiary/aromatic N) is 3. The summed E-state index contributed by atoms with van der Waals surface area (Å²) in [6.07, 6.45) is 0. The number of furan rings is 1. The lowest BCUT2D eigenvalue weighted by molar-refractivity contribution is 0.669. The van der Waals surface area contributed by atoms with Crippen LogP contribution in [0.15, 0.2) is 180 Å². The highest BCUT2D eigenvalue weighted by Crippen LogP contribution is 2.42. The summed E-state index contributed by atoms with van der Waals surface area (Å²) in [7, 11) is 0. The van der Waals surface area contributed by atoms with E-state index in [1.807, 2.05) is 24.3 Å². The molecular weight excluding hydrogens is 623 g/mol.